The summed E-state index contributed by atoms with van der Waals surface area (Å²) in [4.78, 5) is 29.0. The number of likely N-dealkylation sites (tertiary alicyclic amines) is 1. The second kappa shape index (κ2) is 5.82. The van der Waals surface area contributed by atoms with E-state index >= 15 is 0 Å². The van der Waals surface area contributed by atoms with E-state index in [-0.39, 0.29) is 18.2 Å². The van der Waals surface area contributed by atoms with Crippen molar-refractivity contribution in [2.24, 2.45) is 5.92 Å². The lowest BCUT2D eigenvalue weighted by atomic mass is 9.94. The molecule has 1 fully saturated rings. The smallest absolute Gasteiger partial charge is 0.303 e. The highest BCUT2D eigenvalue weighted by Crippen LogP contribution is 2.21. The third-order valence-corrected chi connectivity index (χ3v) is 3.51. The Kier molecular flexibility index (Phi) is 4.14. The van der Waals surface area contributed by atoms with Gasteiger partial charge in [-0.25, -0.2) is 0 Å². The molecule has 0 spiro atoms. The van der Waals surface area contributed by atoms with E-state index in [9.17, 15) is 9.59 Å². The van der Waals surface area contributed by atoms with Crippen LogP contribution in [-0.2, 0) is 4.79 Å². The van der Waals surface area contributed by atoms with Gasteiger partial charge in [-0.15, -0.1) is 0 Å². The Hall–Kier alpha value is -1.91. The van der Waals surface area contributed by atoms with Gasteiger partial charge in [-0.1, -0.05) is 0 Å². The molecule has 0 aliphatic carbocycles. The van der Waals surface area contributed by atoms with E-state index in [2.05, 4.69) is 4.98 Å². The highest BCUT2D eigenvalue weighted by molar-refractivity contribution is 5.95. The molecule has 2 heterocycles. The van der Waals surface area contributed by atoms with Crippen molar-refractivity contribution in [3.8, 4) is 0 Å². The number of piperidine rings is 1. The van der Waals surface area contributed by atoms with Crippen molar-refractivity contribution in [1.82, 2.24) is 9.88 Å². The number of carboxylic acids is 1. The van der Waals surface area contributed by atoms with Crippen molar-refractivity contribution in [2.45, 2.75) is 26.2 Å². The molecule has 1 saturated heterocycles. The van der Waals surface area contributed by atoms with Crippen LogP contribution in [0.3, 0.4) is 0 Å². The second-order valence-electron chi connectivity index (χ2n) is 4.99. The van der Waals surface area contributed by atoms with Crippen molar-refractivity contribution in [3.05, 3.63) is 29.6 Å². The molecule has 2 rings (SSSR count). The lowest BCUT2D eigenvalue weighted by molar-refractivity contribution is -0.138. The molecule has 5 nitrogen and oxygen atoms in total. The zero-order chi connectivity index (χ0) is 13.8. The molecule has 0 aromatic carbocycles. The number of aryl methyl sites for hydroxylation is 1. The van der Waals surface area contributed by atoms with E-state index in [1.165, 1.54) is 0 Å². The molecule has 1 amide bonds. The normalized spacial score (nSPS) is 19.2. The van der Waals surface area contributed by atoms with E-state index in [1.807, 2.05) is 6.92 Å². The molecule has 102 valence electrons. The number of aliphatic carboxylic acids is 1. The monoisotopic (exact) mass is 262 g/mol. The summed E-state index contributed by atoms with van der Waals surface area (Å²) in [5.41, 5.74) is 1.33. The van der Waals surface area contributed by atoms with Crippen LogP contribution in [0.5, 0.6) is 0 Å². The summed E-state index contributed by atoms with van der Waals surface area (Å²) in [6.07, 6.45) is 3.54. The topological polar surface area (TPSA) is 70.5 Å². The predicted molar refractivity (Wildman–Crippen MR) is 69.9 cm³/mol. The van der Waals surface area contributed by atoms with Gasteiger partial charge in [0.25, 0.3) is 5.91 Å². The quantitative estimate of drug-likeness (QED) is 0.900. The Bertz CT molecular complexity index is 487. The average molecular weight is 262 g/mol. The van der Waals surface area contributed by atoms with Crippen LogP contribution in [0.25, 0.3) is 0 Å². The van der Waals surface area contributed by atoms with Gasteiger partial charge in [0.05, 0.1) is 5.56 Å². The maximum Gasteiger partial charge on any atom is 0.303 e. The molecule has 1 aliphatic rings. The molecule has 1 aliphatic heterocycles. The molecule has 5 heteroatoms. The first-order valence-corrected chi connectivity index (χ1v) is 6.50. The van der Waals surface area contributed by atoms with Crippen LogP contribution in [0.2, 0.25) is 0 Å². The largest absolute Gasteiger partial charge is 0.481 e. The van der Waals surface area contributed by atoms with Gasteiger partial charge in [-0.05, 0) is 37.8 Å². The van der Waals surface area contributed by atoms with Gasteiger partial charge in [0.15, 0.2) is 0 Å². The van der Waals surface area contributed by atoms with Crippen molar-refractivity contribution in [2.75, 3.05) is 13.1 Å². The summed E-state index contributed by atoms with van der Waals surface area (Å²) in [5, 5.41) is 8.84. The third kappa shape index (κ3) is 3.30. The highest BCUT2D eigenvalue weighted by Gasteiger charge is 2.26. The highest BCUT2D eigenvalue weighted by atomic mass is 16.4. The molecule has 0 radical (unpaired) electrons. The first kappa shape index (κ1) is 13.5. The number of hydrogen-bond donors (Lipinski definition) is 1. The fourth-order valence-corrected chi connectivity index (χ4v) is 2.54. The molecule has 19 heavy (non-hydrogen) atoms. The van der Waals surface area contributed by atoms with Crippen molar-refractivity contribution >= 4 is 11.9 Å². The van der Waals surface area contributed by atoms with E-state index in [0.717, 1.165) is 12.8 Å². The van der Waals surface area contributed by atoms with E-state index in [0.29, 0.717) is 24.3 Å². The van der Waals surface area contributed by atoms with E-state index in [4.69, 9.17) is 5.11 Å². The summed E-state index contributed by atoms with van der Waals surface area (Å²) >= 11 is 0. The summed E-state index contributed by atoms with van der Waals surface area (Å²) < 4.78 is 0. The van der Waals surface area contributed by atoms with Gasteiger partial charge < -0.3 is 10.0 Å². The number of amides is 1. The van der Waals surface area contributed by atoms with Gasteiger partial charge in [0, 0.05) is 31.4 Å². The molecular formula is C14H18N2O3. The Morgan fingerprint density at radius 3 is 3.00 bits per heavy atom. The number of hydrogen-bond acceptors (Lipinski definition) is 3. The van der Waals surface area contributed by atoms with Gasteiger partial charge in [-0.3, -0.25) is 14.6 Å². The lowest BCUT2D eigenvalue weighted by Crippen LogP contribution is -2.40. The standard InChI is InChI=1S/C14H18N2O3/c1-10-12(5-2-6-15-10)14(19)16-7-3-4-11(9-16)8-13(17)18/h2,5-6,11H,3-4,7-9H2,1H3,(H,17,18). The van der Waals surface area contributed by atoms with Crippen LogP contribution in [0.4, 0.5) is 0 Å². The summed E-state index contributed by atoms with van der Waals surface area (Å²) in [5.74, 6) is -0.773. The molecule has 1 atom stereocenters. The van der Waals surface area contributed by atoms with Gasteiger partial charge in [0.1, 0.15) is 0 Å². The summed E-state index contributed by atoms with van der Waals surface area (Å²) in [6.45, 7) is 3.04. The maximum atomic E-state index is 12.4. The van der Waals surface area contributed by atoms with Crippen LogP contribution in [-0.4, -0.2) is 40.0 Å². The molecule has 1 aromatic rings. The predicted octanol–water partition coefficient (Wildman–Crippen LogP) is 1.72. The number of pyridine rings is 1. The van der Waals surface area contributed by atoms with Gasteiger partial charge in [0.2, 0.25) is 0 Å². The minimum absolute atomic E-state index is 0.0410. The summed E-state index contributed by atoms with van der Waals surface area (Å²) in [7, 11) is 0. The fraction of sp³-hybridized carbons (Fsp3) is 0.500. The number of aromatic nitrogens is 1. The Labute approximate surface area is 112 Å². The SMILES string of the molecule is Cc1ncccc1C(=O)N1CCCC(CC(=O)O)C1. The summed E-state index contributed by atoms with van der Waals surface area (Å²) in [6, 6.07) is 3.52. The number of carbonyl (C=O) groups excluding carboxylic acids is 1. The number of rotatable bonds is 3. The lowest BCUT2D eigenvalue weighted by Gasteiger charge is -2.32. The van der Waals surface area contributed by atoms with Crippen LogP contribution >= 0.6 is 0 Å². The number of carbonyl (C=O) groups is 2. The van der Waals surface area contributed by atoms with Crippen LogP contribution in [0, 0.1) is 12.8 Å². The minimum Gasteiger partial charge on any atom is -0.481 e. The van der Waals surface area contributed by atoms with E-state index < -0.39 is 5.97 Å². The van der Waals surface area contributed by atoms with Crippen molar-refractivity contribution in [1.29, 1.82) is 0 Å². The fourth-order valence-electron chi connectivity index (χ4n) is 2.54. The molecule has 0 bridgehead atoms. The molecule has 0 saturated carbocycles. The van der Waals surface area contributed by atoms with Gasteiger partial charge >= 0.3 is 5.97 Å². The average Bonchev–Trinajstić information content (AvgIpc) is 2.38. The molecule has 1 unspecified atom stereocenters. The Morgan fingerprint density at radius 2 is 2.32 bits per heavy atom. The minimum atomic E-state index is -0.795. The zero-order valence-electron chi connectivity index (χ0n) is 11.0. The van der Waals surface area contributed by atoms with Crippen LogP contribution < -0.4 is 0 Å². The molecule has 1 N–H and O–H groups in total. The van der Waals surface area contributed by atoms with Gasteiger partial charge in [-0.2, -0.15) is 0 Å². The number of nitrogens with zero attached hydrogens (tertiary/aromatic N) is 2. The Morgan fingerprint density at radius 1 is 1.53 bits per heavy atom. The third-order valence-electron chi connectivity index (χ3n) is 3.51. The van der Waals surface area contributed by atoms with Crippen LogP contribution in [0.15, 0.2) is 18.3 Å². The maximum absolute atomic E-state index is 12.4. The zero-order valence-corrected chi connectivity index (χ0v) is 11.0. The van der Waals surface area contributed by atoms with Crippen molar-refractivity contribution in [3.63, 3.8) is 0 Å². The molecular weight excluding hydrogens is 244 g/mol. The second-order valence-corrected chi connectivity index (χ2v) is 4.99. The van der Waals surface area contributed by atoms with Crippen LogP contribution in [0.1, 0.15) is 35.3 Å². The Balaban J connectivity index is 2.07. The molecule has 1 aromatic heterocycles. The first-order valence-electron chi connectivity index (χ1n) is 6.50. The first-order chi connectivity index (χ1) is 9.08. The van der Waals surface area contributed by atoms with Crippen molar-refractivity contribution < 1.29 is 14.7 Å². The number of carboxylic acid groups (broad SMARTS) is 1. The van der Waals surface area contributed by atoms with E-state index in [1.54, 1.807) is 23.2 Å².